The maximum absolute atomic E-state index is 13.1. The zero-order valence-corrected chi connectivity index (χ0v) is 65.9. The van der Waals surface area contributed by atoms with Gasteiger partial charge in [0.15, 0.2) is 12.2 Å². The lowest BCUT2D eigenvalue weighted by molar-refractivity contribution is -0.161. The Morgan fingerprint density at radius 3 is 0.776 bits per heavy atom. The van der Waals surface area contributed by atoms with Gasteiger partial charge in [0, 0.05) is 25.7 Å². The molecule has 0 saturated heterocycles. The minimum absolute atomic E-state index is 0.108. The van der Waals surface area contributed by atoms with E-state index in [1.165, 1.54) is 231 Å². The molecule has 17 nitrogen and oxygen atoms in total. The standard InChI is InChI=1S/C79H154O17P2/c1-7-10-12-14-16-18-20-22-24-25-29-32-36-43-49-55-61-76(81)89-67-74(95-79(84)64-58-52-46-38-34-30-26-27-31-35-41-47-53-59-71(4)5)69-93-97(85,86)91-65-73(80)66-92-98(87,88)94-70-75(68-90-77(82)62-56-50-44-40-39-42-48-54-60-72(6)9-3)96-78(83)63-57-51-45-37-33-28-23-21-19-17-15-13-11-8-2/h71-75,80H,7-70H2,1-6H3,(H,85,86)(H,87,88)/t72?,73-,74-,75-/m1/s1. The first kappa shape index (κ1) is 96.1. The van der Waals surface area contributed by atoms with E-state index < -0.39 is 97.5 Å². The molecule has 19 heteroatoms. The summed E-state index contributed by atoms with van der Waals surface area (Å²) in [5.74, 6) is -0.545. The van der Waals surface area contributed by atoms with Crippen molar-refractivity contribution in [3.05, 3.63) is 0 Å². The third-order valence-electron chi connectivity index (χ3n) is 18.8. The van der Waals surface area contributed by atoms with Crippen molar-refractivity contribution in [2.45, 2.75) is 432 Å². The normalized spacial score (nSPS) is 14.2. The van der Waals surface area contributed by atoms with Crippen LogP contribution in [0.15, 0.2) is 0 Å². The number of esters is 4. The molecular weight excluding hydrogens is 1280 g/mol. The van der Waals surface area contributed by atoms with Crippen molar-refractivity contribution in [2.75, 3.05) is 39.6 Å². The molecule has 98 heavy (non-hydrogen) atoms. The average Bonchev–Trinajstić information content (AvgIpc) is 0.965. The van der Waals surface area contributed by atoms with E-state index in [0.29, 0.717) is 25.7 Å². The highest BCUT2D eigenvalue weighted by Gasteiger charge is 2.30. The molecule has 0 aliphatic rings. The summed E-state index contributed by atoms with van der Waals surface area (Å²) in [5, 5.41) is 10.6. The van der Waals surface area contributed by atoms with Gasteiger partial charge in [0.05, 0.1) is 26.4 Å². The summed E-state index contributed by atoms with van der Waals surface area (Å²) >= 11 is 0. The molecule has 0 fully saturated rings. The minimum Gasteiger partial charge on any atom is -0.462 e. The highest BCUT2D eigenvalue weighted by molar-refractivity contribution is 7.47. The summed E-state index contributed by atoms with van der Waals surface area (Å²) in [6.45, 7) is 9.65. The van der Waals surface area contributed by atoms with E-state index in [1.807, 2.05) is 0 Å². The van der Waals surface area contributed by atoms with Crippen molar-refractivity contribution in [2.24, 2.45) is 11.8 Å². The second-order valence-electron chi connectivity index (χ2n) is 29.2. The number of carbonyl (C=O) groups excluding carboxylic acids is 4. The SMILES string of the molecule is CCCCCCCCCCCCCCCCCCC(=O)OC[C@H](COP(=O)(O)OC[C@@H](O)COP(=O)(O)OC[C@@H](COC(=O)CCCCCCCCCCC(C)CC)OC(=O)CCCCCCCCCCCCCCCC)OC(=O)CCCCCCCCCCCCCCCC(C)C. The van der Waals surface area contributed by atoms with Crippen LogP contribution in [0.3, 0.4) is 0 Å². The van der Waals surface area contributed by atoms with E-state index in [4.69, 9.17) is 37.0 Å². The molecule has 582 valence electrons. The van der Waals surface area contributed by atoms with Crippen LogP contribution in [0.1, 0.15) is 414 Å². The van der Waals surface area contributed by atoms with Gasteiger partial charge in [0.1, 0.15) is 19.3 Å². The Balaban J connectivity index is 5.27. The molecule has 0 rings (SSSR count). The summed E-state index contributed by atoms with van der Waals surface area (Å²) in [6, 6.07) is 0. The molecule has 0 amide bonds. The Bertz CT molecular complexity index is 1890. The predicted molar refractivity (Wildman–Crippen MR) is 400 cm³/mol. The molecule has 3 N–H and O–H groups in total. The number of phosphoric ester groups is 2. The number of phosphoric acid groups is 2. The monoisotopic (exact) mass is 1440 g/mol. The molecular formula is C79H154O17P2. The van der Waals surface area contributed by atoms with Gasteiger partial charge in [-0.3, -0.25) is 37.3 Å². The van der Waals surface area contributed by atoms with Gasteiger partial charge in [-0.1, -0.05) is 363 Å². The highest BCUT2D eigenvalue weighted by Crippen LogP contribution is 2.45. The molecule has 0 aromatic heterocycles. The fraction of sp³-hybridized carbons (Fsp3) is 0.949. The van der Waals surface area contributed by atoms with Crippen molar-refractivity contribution in [1.29, 1.82) is 0 Å². The Hall–Kier alpha value is -1.94. The quantitative estimate of drug-likeness (QED) is 0.0222. The highest BCUT2D eigenvalue weighted by atomic mass is 31.2. The lowest BCUT2D eigenvalue weighted by atomic mass is 9.99. The maximum atomic E-state index is 13.1. The maximum Gasteiger partial charge on any atom is 0.472 e. The second kappa shape index (κ2) is 70.7. The molecule has 0 heterocycles. The van der Waals surface area contributed by atoms with Gasteiger partial charge in [0.2, 0.25) is 0 Å². The number of carbonyl (C=O) groups is 4. The molecule has 0 aromatic rings. The first-order valence-corrected chi connectivity index (χ1v) is 44.0. The predicted octanol–water partition coefficient (Wildman–Crippen LogP) is 23.5. The van der Waals surface area contributed by atoms with Crippen LogP contribution >= 0.6 is 15.6 Å². The first-order valence-electron chi connectivity index (χ1n) is 41.0. The minimum atomic E-state index is -4.96. The van der Waals surface area contributed by atoms with Crippen LogP contribution in [0.25, 0.3) is 0 Å². The van der Waals surface area contributed by atoms with Gasteiger partial charge >= 0.3 is 39.5 Å². The van der Waals surface area contributed by atoms with Crippen LogP contribution in [0, 0.1) is 11.8 Å². The number of aliphatic hydroxyl groups is 1. The van der Waals surface area contributed by atoms with Gasteiger partial charge in [-0.05, 0) is 37.5 Å². The third-order valence-corrected chi connectivity index (χ3v) is 20.7. The van der Waals surface area contributed by atoms with Crippen molar-refractivity contribution >= 4 is 39.5 Å². The number of ether oxygens (including phenoxy) is 4. The molecule has 0 aromatic carbocycles. The Morgan fingerprint density at radius 2 is 0.520 bits per heavy atom. The first-order chi connectivity index (χ1) is 47.4. The van der Waals surface area contributed by atoms with Gasteiger partial charge in [-0.15, -0.1) is 0 Å². The molecule has 0 spiro atoms. The zero-order valence-electron chi connectivity index (χ0n) is 64.1. The van der Waals surface area contributed by atoms with Crippen LogP contribution in [0.4, 0.5) is 0 Å². The number of aliphatic hydroxyl groups excluding tert-OH is 1. The summed E-state index contributed by atoms with van der Waals surface area (Å²) in [5.41, 5.74) is 0. The fourth-order valence-electron chi connectivity index (χ4n) is 12.2. The number of hydrogen-bond donors (Lipinski definition) is 3. The van der Waals surface area contributed by atoms with Crippen LogP contribution < -0.4 is 0 Å². The van der Waals surface area contributed by atoms with Crippen molar-refractivity contribution in [1.82, 2.24) is 0 Å². The molecule has 0 aliphatic carbocycles. The molecule has 0 aliphatic heterocycles. The van der Waals surface area contributed by atoms with E-state index in [1.54, 1.807) is 0 Å². The Kier molecular flexibility index (Phi) is 69.3. The van der Waals surface area contributed by atoms with Gasteiger partial charge in [0.25, 0.3) is 0 Å². The van der Waals surface area contributed by atoms with Crippen LogP contribution in [0.2, 0.25) is 0 Å². The van der Waals surface area contributed by atoms with Gasteiger partial charge < -0.3 is 33.8 Å². The zero-order chi connectivity index (χ0) is 72.1. The van der Waals surface area contributed by atoms with E-state index in [0.717, 1.165) is 102 Å². The number of hydrogen-bond acceptors (Lipinski definition) is 15. The topological polar surface area (TPSA) is 237 Å². The summed E-state index contributed by atoms with van der Waals surface area (Å²) in [4.78, 5) is 73.0. The van der Waals surface area contributed by atoms with E-state index in [2.05, 4.69) is 41.5 Å². The summed E-state index contributed by atoms with van der Waals surface area (Å²) < 4.78 is 68.7. The Morgan fingerprint density at radius 1 is 0.296 bits per heavy atom. The number of rotatable bonds is 78. The molecule has 3 unspecified atom stereocenters. The largest absolute Gasteiger partial charge is 0.472 e. The lowest BCUT2D eigenvalue weighted by Gasteiger charge is -2.21. The molecule has 0 bridgehead atoms. The van der Waals surface area contributed by atoms with Gasteiger partial charge in [-0.2, -0.15) is 0 Å². The Labute approximate surface area is 600 Å². The smallest absolute Gasteiger partial charge is 0.462 e. The van der Waals surface area contributed by atoms with Crippen LogP contribution in [-0.2, 0) is 65.4 Å². The van der Waals surface area contributed by atoms with Gasteiger partial charge in [-0.25, -0.2) is 9.13 Å². The van der Waals surface area contributed by atoms with E-state index in [-0.39, 0.29) is 25.7 Å². The number of unbranched alkanes of at least 4 members (excludes halogenated alkanes) is 47. The van der Waals surface area contributed by atoms with Crippen LogP contribution in [0.5, 0.6) is 0 Å². The van der Waals surface area contributed by atoms with Crippen molar-refractivity contribution < 1.29 is 80.2 Å². The average molecular weight is 1440 g/mol. The second-order valence-corrected chi connectivity index (χ2v) is 32.1. The van der Waals surface area contributed by atoms with E-state index in [9.17, 15) is 43.2 Å². The van der Waals surface area contributed by atoms with Crippen LogP contribution in [-0.4, -0.2) is 96.7 Å². The summed E-state index contributed by atoms with van der Waals surface area (Å²) in [6.07, 6.45) is 59.4. The van der Waals surface area contributed by atoms with Crippen molar-refractivity contribution in [3.63, 3.8) is 0 Å². The third kappa shape index (κ3) is 71.1. The molecule has 0 saturated carbocycles. The molecule has 6 atom stereocenters. The van der Waals surface area contributed by atoms with Crippen molar-refractivity contribution in [3.8, 4) is 0 Å². The fourth-order valence-corrected chi connectivity index (χ4v) is 13.7. The summed E-state index contributed by atoms with van der Waals surface area (Å²) in [7, 11) is -9.92. The lowest BCUT2D eigenvalue weighted by Crippen LogP contribution is -2.30. The van der Waals surface area contributed by atoms with E-state index >= 15 is 0 Å². The molecule has 0 radical (unpaired) electrons.